The van der Waals surface area contributed by atoms with E-state index in [1.165, 1.54) is 4.90 Å². The van der Waals surface area contributed by atoms with Crippen molar-refractivity contribution >= 4 is 12.1 Å². The molecule has 1 amide bonds. The first kappa shape index (κ1) is 20.8. The molecule has 0 aliphatic carbocycles. The number of hydrogen-bond acceptors (Lipinski definition) is 4. The van der Waals surface area contributed by atoms with E-state index in [4.69, 9.17) is 4.74 Å². The summed E-state index contributed by atoms with van der Waals surface area (Å²) in [6.07, 6.45) is 4.55. The fraction of sp³-hybridized carbons (Fsp3) is 0.435. The van der Waals surface area contributed by atoms with Gasteiger partial charge in [0.1, 0.15) is 5.60 Å². The number of aromatic nitrogens is 1. The van der Waals surface area contributed by atoms with E-state index in [1.54, 1.807) is 12.4 Å². The van der Waals surface area contributed by atoms with Crippen molar-refractivity contribution in [3.8, 4) is 11.1 Å². The second kappa shape index (κ2) is 8.23. The lowest BCUT2D eigenvalue weighted by molar-refractivity contribution is -0.152. The normalized spacial score (nSPS) is 19.6. The Hall–Kier alpha value is -2.89. The number of amides is 1. The SMILES string of the molecule is CC(C)(C)OC(=O)N1CCC[C@](Cc2cccc(-c3ccncc3)c2)(C(=O)O)C1. The highest BCUT2D eigenvalue weighted by Crippen LogP contribution is 2.35. The second-order valence-corrected chi connectivity index (χ2v) is 8.70. The van der Waals surface area contributed by atoms with Crippen molar-refractivity contribution < 1.29 is 19.4 Å². The van der Waals surface area contributed by atoms with Crippen molar-refractivity contribution in [2.45, 2.75) is 45.6 Å². The molecule has 6 heteroatoms. The van der Waals surface area contributed by atoms with E-state index >= 15 is 0 Å². The third-order valence-electron chi connectivity index (χ3n) is 5.17. The number of carboxylic acid groups (broad SMARTS) is 1. The van der Waals surface area contributed by atoms with Gasteiger partial charge in [-0.15, -0.1) is 0 Å². The summed E-state index contributed by atoms with van der Waals surface area (Å²) in [5, 5.41) is 10.1. The van der Waals surface area contributed by atoms with Crippen LogP contribution in [0.2, 0.25) is 0 Å². The van der Waals surface area contributed by atoms with Crippen molar-refractivity contribution in [1.29, 1.82) is 0 Å². The van der Waals surface area contributed by atoms with Crippen LogP contribution in [0.3, 0.4) is 0 Å². The van der Waals surface area contributed by atoms with Gasteiger partial charge in [-0.25, -0.2) is 4.79 Å². The zero-order valence-corrected chi connectivity index (χ0v) is 17.2. The maximum atomic E-state index is 12.5. The third kappa shape index (κ3) is 5.13. The Morgan fingerprint density at radius 1 is 1.17 bits per heavy atom. The molecule has 1 aliphatic rings. The average Bonchev–Trinajstić information content (AvgIpc) is 2.68. The molecular weight excluding hydrogens is 368 g/mol. The molecule has 2 heterocycles. The predicted molar refractivity (Wildman–Crippen MR) is 110 cm³/mol. The minimum Gasteiger partial charge on any atom is -0.481 e. The monoisotopic (exact) mass is 396 g/mol. The number of likely N-dealkylation sites (tertiary alicyclic amines) is 1. The molecular formula is C23H28N2O4. The van der Waals surface area contributed by atoms with E-state index < -0.39 is 23.1 Å². The Morgan fingerprint density at radius 3 is 2.55 bits per heavy atom. The van der Waals surface area contributed by atoms with E-state index in [-0.39, 0.29) is 6.54 Å². The third-order valence-corrected chi connectivity index (χ3v) is 5.17. The van der Waals surface area contributed by atoms with Gasteiger partial charge >= 0.3 is 12.1 Å². The predicted octanol–water partition coefficient (Wildman–Crippen LogP) is 4.39. The zero-order chi connectivity index (χ0) is 21.1. The first-order valence-electron chi connectivity index (χ1n) is 9.89. The first-order chi connectivity index (χ1) is 13.7. The van der Waals surface area contributed by atoms with Gasteiger partial charge in [0, 0.05) is 25.5 Å². The minimum atomic E-state index is -1.02. The number of nitrogens with zero attached hydrogens (tertiary/aromatic N) is 2. The molecule has 3 rings (SSSR count). The van der Waals surface area contributed by atoms with Gasteiger partial charge in [0.15, 0.2) is 0 Å². The molecule has 0 radical (unpaired) electrons. The number of piperidine rings is 1. The maximum Gasteiger partial charge on any atom is 0.410 e. The van der Waals surface area contributed by atoms with Crippen molar-refractivity contribution in [3.05, 3.63) is 54.4 Å². The smallest absolute Gasteiger partial charge is 0.410 e. The lowest BCUT2D eigenvalue weighted by Gasteiger charge is -2.40. The average molecular weight is 396 g/mol. The van der Waals surface area contributed by atoms with Crippen LogP contribution in [0, 0.1) is 5.41 Å². The highest BCUT2D eigenvalue weighted by molar-refractivity contribution is 5.77. The van der Waals surface area contributed by atoms with Gasteiger partial charge in [0.25, 0.3) is 0 Å². The number of pyridine rings is 1. The molecule has 1 aromatic heterocycles. The molecule has 6 nitrogen and oxygen atoms in total. The van der Waals surface area contributed by atoms with Crippen LogP contribution in [0.4, 0.5) is 4.79 Å². The topological polar surface area (TPSA) is 79.7 Å². The number of hydrogen-bond donors (Lipinski definition) is 1. The number of rotatable bonds is 4. The van der Waals surface area contributed by atoms with E-state index in [2.05, 4.69) is 4.98 Å². The molecule has 0 bridgehead atoms. The van der Waals surface area contributed by atoms with Gasteiger partial charge in [-0.1, -0.05) is 24.3 Å². The van der Waals surface area contributed by atoms with E-state index in [9.17, 15) is 14.7 Å². The Labute approximate surface area is 171 Å². The molecule has 1 atom stereocenters. The van der Waals surface area contributed by atoms with Gasteiger partial charge in [0.05, 0.1) is 5.41 Å². The number of aliphatic carboxylic acids is 1. The Kier molecular flexibility index (Phi) is 5.91. The van der Waals surface area contributed by atoms with E-state index in [1.807, 2.05) is 57.2 Å². The molecule has 1 aliphatic heterocycles. The van der Waals surface area contributed by atoms with Crippen molar-refractivity contribution in [2.75, 3.05) is 13.1 Å². The number of carbonyl (C=O) groups excluding carboxylic acids is 1. The highest BCUT2D eigenvalue weighted by Gasteiger charge is 2.44. The summed E-state index contributed by atoms with van der Waals surface area (Å²) in [6.45, 7) is 6.09. The molecule has 29 heavy (non-hydrogen) atoms. The van der Waals surface area contributed by atoms with Crippen molar-refractivity contribution in [2.24, 2.45) is 5.41 Å². The summed E-state index contributed by atoms with van der Waals surface area (Å²) >= 11 is 0. The van der Waals surface area contributed by atoms with Gasteiger partial charge in [-0.05, 0) is 68.9 Å². The second-order valence-electron chi connectivity index (χ2n) is 8.70. The van der Waals surface area contributed by atoms with Crippen molar-refractivity contribution in [3.63, 3.8) is 0 Å². The first-order valence-corrected chi connectivity index (χ1v) is 9.89. The van der Waals surface area contributed by atoms with E-state index in [0.29, 0.717) is 25.8 Å². The van der Waals surface area contributed by atoms with Crippen molar-refractivity contribution in [1.82, 2.24) is 9.88 Å². The van der Waals surface area contributed by atoms with Gasteiger partial charge in [0.2, 0.25) is 0 Å². The molecule has 1 N–H and O–H groups in total. The minimum absolute atomic E-state index is 0.150. The summed E-state index contributed by atoms with van der Waals surface area (Å²) in [5.74, 6) is -0.875. The maximum absolute atomic E-state index is 12.5. The Balaban J connectivity index is 1.83. The summed E-state index contributed by atoms with van der Waals surface area (Å²) in [7, 11) is 0. The molecule has 0 spiro atoms. The Bertz CT molecular complexity index is 876. The van der Waals surface area contributed by atoms with Crippen LogP contribution < -0.4 is 0 Å². The molecule has 0 unspecified atom stereocenters. The lowest BCUT2D eigenvalue weighted by atomic mass is 9.75. The standard InChI is InChI=1S/C23H28N2O4/c1-22(2,3)29-21(28)25-13-5-10-23(16-25,20(26)27)15-17-6-4-7-19(14-17)18-8-11-24-12-9-18/h4,6-9,11-12,14H,5,10,13,15-16H2,1-3H3,(H,26,27)/t23-/m1/s1. The number of carbonyl (C=O) groups is 2. The summed E-state index contributed by atoms with van der Waals surface area (Å²) < 4.78 is 5.47. The molecule has 1 aromatic carbocycles. The molecule has 1 saturated heterocycles. The van der Waals surface area contributed by atoms with Crippen LogP contribution in [-0.2, 0) is 16.0 Å². The number of carboxylic acids is 1. The van der Waals surface area contributed by atoms with Crippen LogP contribution >= 0.6 is 0 Å². The number of benzene rings is 1. The Morgan fingerprint density at radius 2 is 1.90 bits per heavy atom. The van der Waals surface area contributed by atoms with Crippen LogP contribution in [0.15, 0.2) is 48.8 Å². The molecule has 0 saturated carbocycles. The summed E-state index contributed by atoms with van der Waals surface area (Å²) in [6, 6.07) is 11.8. The fourth-order valence-corrected chi connectivity index (χ4v) is 3.80. The van der Waals surface area contributed by atoms with Gasteiger partial charge in [-0.2, -0.15) is 0 Å². The van der Waals surface area contributed by atoms with Crippen LogP contribution in [0.25, 0.3) is 11.1 Å². The number of ether oxygens (including phenoxy) is 1. The zero-order valence-electron chi connectivity index (χ0n) is 17.2. The lowest BCUT2D eigenvalue weighted by Crippen LogP contribution is -2.52. The molecule has 154 valence electrons. The summed E-state index contributed by atoms with van der Waals surface area (Å²) in [4.78, 5) is 30.4. The quantitative estimate of drug-likeness (QED) is 0.829. The molecule has 1 fully saturated rings. The van der Waals surface area contributed by atoms with Crippen LogP contribution in [0.1, 0.15) is 39.2 Å². The largest absolute Gasteiger partial charge is 0.481 e. The highest BCUT2D eigenvalue weighted by atomic mass is 16.6. The summed E-state index contributed by atoms with van der Waals surface area (Å²) in [5.41, 5.74) is 1.36. The van der Waals surface area contributed by atoms with E-state index in [0.717, 1.165) is 16.7 Å². The van der Waals surface area contributed by atoms with Gasteiger partial charge in [-0.3, -0.25) is 9.78 Å². The fourth-order valence-electron chi connectivity index (χ4n) is 3.80. The van der Waals surface area contributed by atoms with Crippen LogP contribution in [0.5, 0.6) is 0 Å². The van der Waals surface area contributed by atoms with Crippen LogP contribution in [-0.4, -0.2) is 45.7 Å². The molecule has 2 aromatic rings. The van der Waals surface area contributed by atoms with Gasteiger partial charge < -0.3 is 14.7 Å².